The van der Waals surface area contributed by atoms with Crippen LogP contribution in [0, 0.1) is 13.8 Å². The van der Waals surface area contributed by atoms with E-state index in [1.165, 1.54) is 6.26 Å². The summed E-state index contributed by atoms with van der Waals surface area (Å²) < 4.78 is 21.9. The summed E-state index contributed by atoms with van der Waals surface area (Å²) >= 11 is 0. The van der Waals surface area contributed by atoms with Gasteiger partial charge in [0, 0.05) is 17.6 Å². The molecule has 0 spiro atoms. The van der Waals surface area contributed by atoms with Crippen molar-refractivity contribution < 1.29 is 13.5 Å². The van der Waals surface area contributed by atoms with Gasteiger partial charge >= 0.3 is 0 Å². The predicted octanol–water partition coefficient (Wildman–Crippen LogP) is 0.952. The summed E-state index contributed by atoms with van der Waals surface area (Å²) in [6, 6.07) is 1.79. The number of hydrogen-bond acceptors (Lipinski definition) is 5. The van der Waals surface area contributed by atoms with Gasteiger partial charge in [0.05, 0.1) is 17.5 Å². The van der Waals surface area contributed by atoms with E-state index in [2.05, 4.69) is 10.2 Å². The van der Waals surface area contributed by atoms with E-state index in [9.17, 15) is 13.5 Å². The van der Waals surface area contributed by atoms with E-state index in [1.807, 2.05) is 0 Å². The van der Waals surface area contributed by atoms with Crippen molar-refractivity contribution in [3.05, 3.63) is 23.0 Å². The van der Waals surface area contributed by atoms with E-state index in [4.69, 9.17) is 0 Å². The van der Waals surface area contributed by atoms with E-state index in [1.54, 1.807) is 19.9 Å². The number of aryl methyl sites for hydroxylation is 2. The number of hydrogen-bond donors (Lipinski definition) is 1. The molecule has 1 heterocycles. The summed E-state index contributed by atoms with van der Waals surface area (Å²) in [5.41, 5.74) is 2.15. The van der Waals surface area contributed by atoms with Gasteiger partial charge in [0.25, 0.3) is 0 Å². The molecule has 0 saturated heterocycles. The van der Waals surface area contributed by atoms with Gasteiger partial charge in [0.2, 0.25) is 0 Å². The Balaban J connectivity index is 2.64. The molecule has 0 saturated carbocycles. The second-order valence-electron chi connectivity index (χ2n) is 4.31. The van der Waals surface area contributed by atoms with Crippen LogP contribution < -0.4 is 0 Å². The van der Waals surface area contributed by atoms with Crippen molar-refractivity contribution in [2.24, 2.45) is 0 Å². The zero-order chi connectivity index (χ0) is 13.1. The molecule has 1 unspecified atom stereocenters. The fourth-order valence-corrected chi connectivity index (χ4v) is 2.29. The van der Waals surface area contributed by atoms with Crippen LogP contribution in [0.5, 0.6) is 0 Å². The third-order valence-corrected chi connectivity index (χ3v) is 3.52. The lowest BCUT2D eigenvalue weighted by molar-refractivity contribution is 0.165. The first kappa shape index (κ1) is 14.1. The Bertz CT molecular complexity index is 485. The molecule has 0 amide bonds. The van der Waals surface area contributed by atoms with E-state index < -0.39 is 15.9 Å². The van der Waals surface area contributed by atoms with Crippen LogP contribution in [0.2, 0.25) is 0 Å². The fourth-order valence-electron chi connectivity index (χ4n) is 1.60. The molecule has 5 nitrogen and oxygen atoms in total. The normalized spacial score (nSPS) is 13.6. The molecule has 17 heavy (non-hydrogen) atoms. The quantitative estimate of drug-likeness (QED) is 0.850. The van der Waals surface area contributed by atoms with Crippen molar-refractivity contribution >= 4 is 9.84 Å². The van der Waals surface area contributed by atoms with Crippen LogP contribution in [-0.2, 0) is 9.84 Å². The summed E-state index contributed by atoms with van der Waals surface area (Å²) in [5.74, 6) is 0.0978. The minimum absolute atomic E-state index is 0.0978. The van der Waals surface area contributed by atoms with E-state index in [0.717, 1.165) is 11.3 Å². The van der Waals surface area contributed by atoms with Crippen LogP contribution in [0.1, 0.15) is 35.9 Å². The average Bonchev–Trinajstić information content (AvgIpc) is 2.19. The molecule has 0 aromatic carbocycles. The molecule has 1 aromatic heterocycles. The third-order valence-electron chi connectivity index (χ3n) is 2.49. The molecular formula is C11H18N2O3S. The second kappa shape index (κ2) is 5.55. The Hall–Kier alpha value is -1.01. The monoisotopic (exact) mass is 258 g/mol. The Kier molecular flexibility index (Phi) is 4.59. The zero-order valence-corrected chi connectivity index (χ0v) is 11.2. The molecule has 0 aliphatic carbocycles. The lowest BCUT2D eigenvalue weighted by Gasteiger charge is -2.12. The molecule has 0 bridgehead atoms. The highest BCUT2D eigenvalue weighted by Gasteiger charge is 2.13. The van der Waals surface area contributed by atoms with E-state index in [0.29, 0.717) is 18.5 Å². The van der Waals surface area contributed by atoms with E-state index >= 15 is 0 Å². The van der Waals surface area contributed by atoms with Gasteiger partial charge in [-0.3, -0.25) is 0 Å². The summed E-state index contributed by atoms with van der Waals surface area (Å²) in [6.45, 7) is 3.58. The van der Waals surface area contributed by atoms with Gasteiger partial charge in [-0.25, -0.2) is 8.42 Å². The maximum atomic E-state index is 11.0. The van der Waals surface area contributed by atoms with Gasteiger partial charge in [-0.2, -0.15) is 10.2 Å². The summed E-state index contributed by atoms with van der Waals surface area (Å²) in [7, 11) is -2.96. The average molecular weight is 258 g/mol. The second-order valence-corrected chi connectivity index (χ2v) is 6.57. The van der Waals surface area contributed by atoms with Crippen LogP contribution in [0.25, 0.3) is 0 Å². The lowest BCUT2D eigenvalue weighted by atomic mass is 10.0. The molecule has 0 aliphatic heterocycles. The lowest BCUT2D eigenvalue weighted by Crippen LogP contribution is -2.08. The minimum Gasteiger partial charge on any atom is -0.388 e. The highest BCUT2D eigenvalue weighted by atomic mass is 32.2. The van der Waals surface area contributed by atoms with Gasteiger partial charge in [0.15, 0.2) is 0 Å². The predicted molar refractivity (Wildman–Crippen MR) is 65.4 cm³/mol. The number of aromatic nitrogens is 2. The van der Waals surface area contributed by atoms with Crippen molar-refractivity contribution in [1.29, 1.82) is 0 Å². The SMILES string of the molecule is Cc1cc(C(O)CCCS(C)(=O)=O)c(C)nn1. The molecule has 1 atom stereocenters. The van der Waals surface area contributed by atoms with Crippen LogP contribution >= 0.6 is 0 Å². The molecule has 96 valence electrons. The first-order chi connectivity index (χ1) is 7.79. The van der Waals surface area contributed by atoms with Gasteiger partial charge in [-0.05, 0) is 32.8 Å². The maximum Gasteiger partial charge on any atom is 0.147 e. The molecule has 6 heteroatoms. The van der Waals surface area contributed by atoms with Crippen LogP contribution in [0.4, 0.5) is 0 Å². The highest BCUT2D eigenvalue weighted by molar-refractivity contribution is 7.90. The van der Waals surface area contributed by atoms with Gasteiger partial charge < -0.3 is 5.11 Å². The highest BCUT2D eigenvalue weighted by Crippen LogP contribution is 2.20. The van der Waals surface area contributed by atoms with Crippen molar-refractivity contribution in [1.82, 2.24) is 10.2 Å². The van der Waals surface area contributed by atoms with Crippen molar-refractivity contribution in [3.8, 4) is 0 Å². The zero-order valence-electron chi connectivity index (χ0n) is 10.3. The standard InChI is InChI=1S/C11H18N2O3S/c1-8-7-10(9(2)13-12-8)11(14)5-4-6-17(3,15)16/h7,11,14H,4-6H2,1-3H3. The maximum absolute atomic E-state index is 11.0. The van der Waals surface area contributed by atoms with E-state index in [-0.39, 0.29) is 5.75 Å². The van der Waals surface area contributed by atoms with Crippen LogP contribution in [0.3, 0.4) is 0 Å². The molecule has 0 aliphatic rings. The molecule has 0 fully saturated rings. The summed E-state index contributed by atoms with van der Waals surface area (Å²) in [4.78, 5) is 0. The third kappa shape index (κ3) is 4.79. The summed E-state index contributed by atoms with van der Waals surface area (Å²) in [5, 5.41) is 17.8. The number of rotatable bonds is 5. The number of aliphatic hydroxyl groups is 1. The fraction of sp³-hybridized carbons (Fsp3) is 0.636. The molecule has 0 radical (unpaired) electrons. The van der Waals surface area contributed by atoms with Gasteiger partial charge in [-0.1, -0.05) is 0 Å². The molecule has 1 rings (SSSR count). The molecule has 1 N–H and O–H groups in total. The van der Waals surface area contributed by atoms with Crippen molar-refractivity contribution in [2.75, 3.05) is 12.0 Å². The number of aliphatic hydroxyl groups excluding tert-OH is 1. The van der Waals surface area contributed by atoms with Crippen molar-refractivity contribution in [2.45, 2.75) is 32.8 Å². The topological polar surface area (TPSA) is 80.1 Å². The van der Waals surface area contributed by atoms with Gasteiger partial charge in [0.1, 0.15) is 9.84 Å². The smallest absolute Gasteiger partial charge is 0.147 e. The van der Waals surface area contributed by atoms with Gasteiger partial charge in [-0.15, -0.1) is 0 Å². The molecular weight excluding hydrogens is 240 g/mol. The Morgan fingerprint density at radius 1 is 1.35 bits per heavy atom. The summed E-state index contributed by atoms with van der Waals surface area (Å²) in [6.07, 6.45) is 1.38. The Morgan fingerprint density at radius 3 is 2.59 bits per heavy atom. The Morgan fingerprint density at radius 2 is 2.00 bits per heavy atom. The van der Waals surface area contributed by atoms with Crippen molar-refractivity contribution in [3.63, 3.8) is 0 Å². The molecule has 1 aromatic rings. The number of sulfone groups is 1. The minimum atomic E-state index is -2.96. The first-order valence-electron chi connectivity index (χ1n) is 5.46. The van der Waals surface area contributed by atoms with Crippen LogP contribution in [0.15, 0.2) is 6.07 Å². The Labute approximate surface area is 102 Å². The van der Waals surface area contributed by atoms with Crippen LogP contribution in [-0.4, -0.2) is 35.7 Å². The first-order valence-corrected chi connectivity index (χ1v) is 7.52. The largest absolute Gasteiger partial charge is 0.388 e. The number of nitrogens with zero attached hydrogens (tertiary/aromatic N) is 2.